The van der Waals surface area contributed by atoms with Crippen molar-refractivity contribution in [2.24, 2.45) is 5.73 Å². The van der Waals surface area contributed by atoms with E-state index < -0.39 is 29.1 Å². The largest absolute Gasteiger partial charge is 0.481 e. The van der Waals surface area contributed by atoms with Crippen molar-refractivity contribution >= 4 is 12.3 Å². The molecule has 168 valence electrons. The Labute approximate surface area is 181 Å². The fourth-order valence-corrected chi connectivity index (χ4v) is 3.01. The Morgan fingerprint density at radius 1 is 1.22 bits per heavy atom. The number of allylic oxidation sites excluding steroid dienone is 1. The van der Waals surface area contributed by atoms with Crippen LogP contribution in [0.1, 0.15) is 18.1 Å². The van der Waals surface area contributed by atoms with Crippen LogP contribution in [0.2, 0.25) is 0 Å². The summed E-state index contributed by atoms with van der Waals surface area (Å²) in [6.45, 7) is 1.61. The minimum absolute atomic E-state index is 0.0754. The number of nitrogens with two attached hydrogens (primary N) is 1. The number of carboxylic acids is 1. The van der Waals surface area contributed by atoms with Crippen LogP contribution in [-0.4, -0.2) is 28.0 Å². The number of benzene rings is 2. The number of halogens is 3. The van der Waals surface area contributed by atoms with E-state index in [1.807, 2.05) is 0 Å². The van der Waals surface area contributed by atoms with E-state index in [1.54, 1.807) is 13.0 Å². The summed E-state index contributed by atoms with van der Waals surface area (Å²) in [5.41, 5.74) is 4.31. The van der Waals surface area contributed by atoms with Crippen molar-refractivity contribution in [3.63, 3.8) is 0 Å². The molecule has 0 aromatic heterocycles. The second-order valence-electron chi connectivity index (χ2n) is 7.20. The first-order valence-electron chi connectivity index (χ1n) is 9.34. The third kappa shape index (κ3) is 5.46. The molecule has 2 aromatic carbocycles. The third-order valence-electron chi connectivity index (χ3n) is 4.50. The van der Waals surface area contributed by atoms with Crippen LogP contribution >= 0.6 is 0 Å². The Kier molecular flexibility index (Phi) is 6.26. The Morgan fingerprint density at radius 2 is 1.94 bits per heavy atom. The molecule has 4 N–H and O–H groups in total. The van der Waals surface area contributed by atoms with Crippen molar-refractivity contribution in [3.05, 3.63) is 77.7 Å². The molecule has 1 aliphatic rings. The van der Waals surface area contributed by atoms with Gasteiger partial charge in [-0.05, 0) is 55.0 Å². The van der Waals surface area contributed by atoms with E-state index in [0.29, 0.717) is 5.56 Å². The lowest BCUT2D eigenvalue weighted by molar-refractivity contribution is -0.138. The number of aliphatic carboxylic acids is 1. The molecule has 2 aromatic rings. The van der Waals surface area contributed by atoms with E-state index >= 15 is 0 Å². The standard InChI is InChI=1S/C22H20F3N3O4/c1-21(27)12-17(7-8-28(21)13-26)31-16-5-6-19(18(11-16)22(23,24)25)32-15-4-2-3-14(9-15)10-20(29)30/h2-9,11-13,26H,10,27H2,1H3,(H,29,30). The number of hydrogen-bond acceptors (Lipinski definition) is 5. The highest BCUT2D eigenvalue weighted by Gasteiger charge is 2.35. The highest BCUT2D eigenvalue weighted by molar-refractivity contribution is 5.70. The molecule has 1 aliphatic heterocycles. The van der Waals surface area contributed by atoms with Gasteiger partial charge in [0.05, 0.1) is 12.8 Å². The first kappa shape index (κ1) is 22.9. The lowest BCUT2D eigenvalue weighted by Gasteiger charge is -2.34. The molecule has 1 heterocycles. The summed E-state index contributed by atoms with van der Waals surface area (Å²) in [5, 5.41) is 16.2. The lowest BCUT2D eigenvalue weighted by atomic mass is 10.1. The fraction of sp³-hybridized carbons (Fsp3) is 0.182. The average Bonchev–Trinajstić information content (AvgIpc) is 2.67. The van der Waals surface area contributed by atoms with E-state index in [-0.39, 0.29) is 23.7 Å². The Morgan fingerprint density at radius 3 is 2.56 bits per heavy atom. The van der Waals surface area contributed by atoms with Crippen LogP contribution < -0.4 is 15.2 Å². The molecule has 0 saturated heterocycles. The van der Waals surface area contributed by atoms with E-state index in [4.69, 9.17) is 25.7 Å². The van der Waals surface area contributed by atoms with Crippen LogP contribution in [0, 0.1) is 5.41 Å². The van der Waals surface area contributed by atoms with Crippen molar-refractivity contribution in [1.29, 1.82) is 5.41 Å². The minimum Gasteiger partial charge on any atom is -0.481 e. The molecule has 3 rings (SSSR count). The number of nitrogens with zero attached hydrogens (tertiary/aromatic N) is 1. The maximum Gasteiger partial charge on any atom is 0.420 e. The molecule has 1 unspecified atom stereocenters. The number of ether oxygens (including phenoxy) is 2. The van der Waals surface area contributed by atoms with Gasteiger partial charge in [-0.2, -0.15) is 13.2 Å². The van der Waals surface area contributed by atoms with Gasteiger partial charge in [0.2, 0.25) is 0 Å². The zero-order chi connectivity index (χ0) is 23.5. The summed E-state index contributed by atoms with van der Waals surface area (Å²) in [4.78, 5) is 12.3. The van der Waals surface area contributed by atoms with Crippen LogP contribution in [0.5, 0.6) is 17.2 Å². The molecule has 0 bridgehead atoms. The molecular formula is C22H20F3N3O4. The molecule has 0 spiro atoms. The molecule has 0 saturated carbocycles. The monoisotopic (exact) mass is 447 g/mol. The van der Waals surface area contributed by atoms with Crippen molar-refractivity contribution in [2.75, 3.05) is 0 Å². The summed E-state index contributed by atoms with van der Waals surface area (Å²) in [7, 11) is 0. The number of hydrogen-bond donors (Lipinski definition) is 3. The zero-order valence-electron chi connectivity index (χ0n) is 16.9. The van der Waals surface area contributed by atoms with Gasteiger partial charge in [0.15, 0.2) is 0 Å². The molecule has 0 aliphatic carbocycles. The number of rotatable bonds is 7. The second-order valence-corrected chi connectivity index (χ2v) is 7.20. The van der Waals surface area contributed by atoms with Gasteiger partial charge in [-0.15, -0.1) is 0 Å². The SMILES string of the molecule is CC1(N)C=C(Oc2ccc(Oc3cccc(CC(=O)O)c3)c(C(F)(F)F)c2)C=CN1C=N. The summed E-state index contributed by atoms with van der Waals surface area (Å²) in [6.07, 6.45) is 0.435. The van der Waals surface area contributed by atoms with Crippen LogP contribution in [-0.2, 0) is 17.4 Å². The van der Waals surface area contributed by atoms with Crippen molar-refractivity contribution < 1.29 is 32.5 Å². The van der Waals surface area contributed by atoms with Gasteiger partial charge in [-0.25, -0.2) is 0 Å². The van der Waals surface area contributed by atoms with Crippen LogP contribution in [0.25, 0.3) is 0 Å². The van der Waals surface area contributed by atoms with Gasteiger partial charge in [0, 0.05) is 6.20 Å². The van der Waals surface area contributed by atoms with Crippen LogP contribution in [0.15, 0.2) is 66.6 Å². The van der Waals surface area contributed by atoms with E-state index in [1.165, 1.54) is 47.5 Å². The van der Waals surface area contributed by atoms with Crippen molar-refractivity contribution in [2.45, 2.75) is 25.2 Å². The number of alkyl halides is 3. The molecule has 0 amide bonds. The normalized spacial score (nSPS) is 18.2. The zero-order valence-corrected chi connectivity index (χ0v) is 16.9. The second kappa shape index (κ2) is 8.75. The summed E-state index contributed by atoms with van der Waals surface area (Å²) in [5.74, 6) is -1.31. The smallest absolute Gasteiger partial charge is 0.420 e. The maximum atomic E-state index is 13.7. The first-order valence-corrected chi connectivity index (χ1v) is 9.34. The molecule has 10 heteroatoms. The van der Waals surface area contributed by atoms with E-state index in [0.717, 1.165) is 18.5 Å². The Bertz CT molecular complexity index is 1090. The van der Waals surface area contributed by atoms with Crippen molar-refractivity contribution in [1.82, 2.24) is 4.90 Å². The maximum absolute atomic E-state index is 13.7. The fourth-order valence-electron chi connectivity index (χ4n) is 3.01. The van der Waals surface area contributed by atoms with E-state index in [2.05, 4.69) is 0 Å². The molecule has 32 heavy (non-hydrogen) atoms. The number of carboxylic acid groups (broad SMARTS) is 1. The van der Waals surface area contributed by atoms with Gasteiger partial charge < -0.3 is 25.2 Å². The molecular weight excluding hydrogens is 427 g/mol. The Hall–Kier alpha value is -3.79. The van der Waals surface area contributed by atoms with Gasteiger partial charge in [-0.1, -0.05) is 12.1 Å². The molecule has 0 radical (unpaired) electrons. The highest BCUT2D eigenvalue weighted by atomic mass is 19.4. The summed E-state index contributed by atoms with van der Waals surface area (Å²) >= 11 is 0. The van der Waals surface area contributed by atoms with Gasteiger partial charge in [0.25, 0.3) is 0 Å². The lowest BCUT2D eigenvalue weighted by Crippen LogP contribution is -2.50. The van der Waals surface area contributed by atoms with Gasteiger partial charge in [-0.3, -0.25) is 10.2 Å². The van der Waals surface area contributed by atoms with Gasteiger partial charge in [0.1, 0.15) is 34.2 Å². The van der Waals surface area contributed by atoms with E-state index in [9.17, 15) is 18.0 Å². The quantitative estimate of drug-likeness (QED) is 0.426. The molecule has 0 fully saturated rings. The minimum atomic E-state index is -4.73. The third-order valence-corrected chi connectivity index (χ3v) is 4.50. The van der Waals surface area contributed by atoms with Gasteiger partial charge >= 0.3 is 12.1 Å². The summed E-state index contributed by atoms with van der Waals surface area (Å²) < 4.78 is 52.0. The van der Waals surface area contributed by atoms with Crippen molar-refractivity contribution in [3.8, 4) is 17.2 Å². The molecule has 1 atom stereocenters. The average molecular weight is 447 g/mol. The highest BCUT2D eigenvalue weighted by Crippen LogP contribution is 2.40. The Balaban J connectivity index is 1.88. The number of nitrogens with one attached hydrogen (secondary N) is 1. The van der Waals surface area contributed by atoms with Crippen LogP contribution in [0.3, 0.4) is 0 Å². The number of carbonyl (C=O) groups is 1. The topological polar surface area (TPSA) is 109 Å². The van der Waals surface area contributed by atoms with Crippen LogP contribution in [0.4, 0.5) is 13.2 Å². The first-order chi connectivity index (χ1) is 15.0. The predicted molar refractivity (Wildman–Crippen MR) is 110 cm³/mol. The summed E-state index contributed by atoms with van der Waals surface area (Å²) in [6, 6.07) is 9.10. The predicted octanol–water partition coefficient (Wildman–Crippen LogP) is 4.50. The molecule has 7 nitrogen and oxygen atoms in total.